The van der Waals surface area contributed by atoms with Crippen LogP contribution in [0.25, 0.3) is 0 Å². The van der Waals surface area contributed by atoms with Crippen LogP contribution in [-0.4, -0.2) is 33.9 Å². The van der Waals surface area contributed by atoms with Crippen molar-refractivity contribution in [2.45, 2.75) is 26.7 Å². The Labute approximate surface area is 117 Å². The SMILES string of the molecule is CCC(CNCCOC)Cc1cc(C)ccc1OC. The fourth-order valence-electron chi connectivity index (χ4n) is 2.22. The van der Waals surface area contributed by atoms with E-state index in [1.165, 1.54) is 11.1 Å². The molecule has 0 bridgehead atoms. The van der Waals surface area contributed by atoms with Crippen LogP contribution in [0.1, 0.15) is 24.5 Å². The molecule has 0 aliphatic carbocycles. The Balaban J connectivity index is 2.56. The Hall–Kier alpha value is -1.06. The Morgan fingerprint density at radius 1 is 1.26 bits per heavy atom. The van der Waals surface area contributed by atoms with Gasteiger partial charge in [0.15, 0.2) is 0 Å². The first kappa shape index (κ1) is 16.0. The lowest BCUT2D eigenvalue weighted by Gasteiger charge is -2.18. The van der Waals surface area contributed by atoms with Gasteiger partial charge < -0.3 is 14.8 Å². The van der Waals surface area contributed by atoms with Gasteiger partial charge in [0, 0.05) is 13.7 Å². The van der Waals surface area contributed by atoms with Gasteiger partial charge in [0.05, 0.1) is 13.7 Å². The summed E-state index contributed by atoms with van der Waals surface area (Å²) in [4.78, 5) is 0. The summed E-state index contributed by atoms with van der Waals surface area (Å²) in [7, 11) is 3.47. The molecule has 1 unspecified atom stereocenters. The van der Waals surface area contributed by atoms with Crippen molar-refractivity contribution in [2.75, 3.05) is 33.9 Å². The molecule has 1 atom stereocenters. The minimum absolute atomic E-state index is 0.632. The highest BCUT2D eigenvalue weighted by atomic mass is 16.5. The van der Waals surface area contributed by atoms with E-state index in [0.717, 1.165) is 38.3 Å². The van der Waals surface area contributed by atoms with Gasteiger partial charge in [-0.25, -0.2) is 0 Å². The van der Waals surface area contributed by atoms with Crippen molar-refractivity contribution in [3.8, 4) is 5.75 Å². The number of benzene rings is 1. The highest BCUT2D eigenvalue weighted by molar-refractivity contribution is 5.37. The second kappa shape index (κ2) is 8.94. The van der Waals surface area contributed by atoms with E-state index in [1.54, 1.807) is 14.2 Å². The minimum atomic E-state index is 0.632. The fraction of sp³-hybridized carbons (Fsp3) is 0.625. The van der Waals surface area contributed by atoms with Gasteiger partial charge in [0.2, 0.25) is 0 Å². The van der Waals surface area contributed by atoms with Crippen LogP contribution in [0.3, 0.4) is 0 Å². The Morgan fingerprint density at radius 2 is 2.05 bits per heavy atom. The topological polar surface area (TPSA) is 30.5 Å². The fourth-order valence-corrected chi connectivity index (χ4v) is 2.22. The molecule has 0 saturated carbocycles. The second-order valence-corrected chi connectivity index (χ2v) is 4.99. The summed E-state index contributed by atoms with van der Waals surface area (Å²) < 4.78 is 10.5. The molecule has 1 N–H and O–H groups in total. The molecule has 0 aromatic heterocycles. The number of hydrogen-bond acceptors (Lipinski definition) is 3. The van der Waals surface area contributed by atoms with Gasteiger partial charge in [-0.05, 0) is 37.4 Å². The lowest BCUT2D eigenvalue weighted by atomic mass is 9.95. The van der Waals surface area contributed by atoms with Gasteiger partial charge in [-0.2, -0.15) is 0 Å². The molecular formula is C16H27NO2. The lowest BCUT2D eigenvalue weighted by Crippen LogP contribution is -2.27. The van der Waals surface area contributed by atoms with Crippen molar-refractivity contribution in [3.05, 3.63) is 29.3 Å². The van der Waals surface area contributed by atoms with Crippen LogP contribution in [0, 0.1) is 12.8 Å². The van der Waals surface area contributed by atoms with Crippen LogP contribution in [0.5, 0.6) is 5.75 Å². The third-order valence-electron chi connectivity index (χ3n) is 3.44. The summed E-state index contributed by atoms with van der Waals surface area (Å²) in [6.07, 6.45) is 2.22. The maximum Gasteiger partial charge on any atom is 0.122 e. The molecule has 0 heterocycles. The Kier molecular flexibility index (Phi) is 7.53. The van der Waals surface area contributed by atoms with E-state index < -0.39 is 0 Å². The Bertz CT molecular complexity index is 366. The zero-order valence-electron chi connectivity index (χ0n) is 12.7. The average molecular weight is 265 g/mol. The van der Waals surface area contributed by atoms with Crippen LogP contribution < -0.4 is 10.1 Å². The van der Waals surface area contributed by atoms with Crippen LogP contribution in [0.4, 0.5) is 0 Å². The summed E-state index contributed by atoms with van der Waals surface area (Å²) >= 11 is 0. The van der Waals surface area contributed by atoms with E-state index in [-0.39, 0.29) is 0 Å². The van der Waals surface area contributed by atoms with Gasteiger partial charge in [-0.3, -0.25) is 0 Å². The number of ether oxygens (including phenoxy) is 2. The first-order valence-electron chi connectivity index (χ1n) is 7.04. The van der Waals surface area contributed by atoms with Gasteiger partial charge >= 0.3 is 0 Å². The molecule has 0 radical (unpaired) electrons. The van der Waals surface area contributed by atoms with Gasteiger partial charge in [-0.15, -0.1) is 0 Å². The first-order chi connectivity index (χ1) is 9.21. The van der Waals surface area contributed by atoms with E-state index in [2.05, 4.69) is 37.4 Å². The number of methoxy groups -OCH3 is 2. The van der Waals surface area contributed by atoms with Crippen LogP contribution >= 0.6 is 0 Å². The summed E-state index contributed by atoms with van der Waals surface area (Å²) in [6, 6.07) is 6.40. The third-order valence-corrected chi connectivity index (χ3v) is 3.44. The van der Waals surface area contributed by atoms with Crippen LogP contribution in [0.2, 0.25) is 0 Å². The molecule has 0 aliphatic rings. The van der Waals surface area contributed by atoms with Gasteiger partial charge in [0.25, 0.3) is 0 Å². The molecular weight excluding hydrogens is 238 g/mol. The van der Waals surface area contributed by atoms with Gasteiger partial charge in [-0.1, -0.05) is 31.0 Å². The third kappa shape index (κ3) is 5.62. The van der Waals surface area contributed by atoms with E-state index in [0.29, 0.717) is 5.92 Å². The van der Waals surface area contributed by atoms with E-state index in [1.807, 2.05) is 0 Å². The van der Waals surface area contributed by atoms with Crippen LogP contribution in [0.15, 0.2) is 18.2 Å². The predicted molar refractivity (Wildman–Crippen MR) is 80.0 cm³/mol. The largest absolute Gasteiger partial charge is 0.496 e. The second-order valence-electron chi connectivity index (χ2n) is 4.99. The summed E-state index contributed by atoms with van der Waals surface area (Å²) in [5.74, 6) is 1.63. The van der Waals surface area contributed by atoms with Crippen molar-refractivity contribution in [1.82, 2.24) is 5.32 Å². The smallest absolute Gasteiger partial charge is 0.122 e. The van der Waals surface area contributed by atoms with Crippen molar-refractivity contribution in [2.24, 2.45) is 5.92 Å². The molecule has 0 amide bonds. The molecule has 19 heavy (non-hydrogen) atoms. The molecule has 1 aromatic rings. The first-order valence-corrected chi connectivity index (χ1v) is 7.04. The molecule has 108 valence electrons. The average Bonchev–Trinajstić information content (AvgIpc) is 2.42. The van der Waals surface area contributed by atoms with E-state index >= 15 is 0 Å². The highest BCUT2D eigenvalue weighted by Crippen LogP contribution is 2.23. The van der Waals surface area contributed by atoms with E-state index in [4.69, 9.17) is 9.47 Å². The lowest BCUT2D eigenvalue weighted by molar-refractivity contribution is 0.197. The summed E-state index contributed by atoms with van der Waals surface area (Å²) in [6.45, 7) is 7.07. The normalized spacial score (nSPS) is 12.4. The molecule has 3 nitrogen and oxygen atoms in total. The number of nitrogens with one attached hydrogen (secondary N) is 1. The molecule has 0 spiro atoms. The highest BCUT2D eigenvalue weighted by Gasteiger charge is 2.11. The standard InChI is InChI=1S/C16H27NO2/c1-5-14(12-17-8-9-18-3)11-15-10-13(2)6-7-16(15)19-4/h6-7,10,14,17H,5,8-9,11-12H2,1-4H3. The molecule has 3 heteroatoms. The molecule has 1 rings (SSSR count). The van der Waals surface area contributed by atoms with Crippen molar-refractivity contribution < 1.29 is 9.47 Å². The predicted octanol–water partition coefficient (Wildman–Crippen LogP) is 2.81. The summed E-state index contributed by atoms with van der Waals surface area (Å²) in [5, 5.41) is 3.44. The maximum atomic E-state index is 5.45. The van der Waals surface area contributed by atoms with Crippen molar-refractivity contribution >= 4 is 0 Å². The monoisotopic (exact) mass is 265 g/mol. The zero-order chi connectivity index (χ0) is 14.1. The summed E-state index contributed by atoms with van der Waals surface area (Å²) in [5.41, 5.74) is 2.60. The molecule has 0 saturated heterocycles. The van der Waals surface area contributed by atoms with Gasteiger partial charge in [0.1, 0.15) is 5.75 Å². The quantitative estimate of drug-likeness (QED) is 0.696. The number of aryl methyl sites for hydroxylation is 1. The number of rotatable bonds is 9. The molecule has 1 aromatic carbocycles. The maximum absolute atomic E-state index is 5.45. The zero-order valence-corrected chi connectivity index (χ0v) is 12.7. The molecule has 0 fully saturated rings. The minimum Gasteiger partial charge on any atom is -0.496 e. The van der Waals surface area contributed by atoms with Crippen molar-refractivity contribution in [3.63, 3.8) is 0 Å². The van der Waals surface area contributed by atoms with Crippen LogP contribution in [-0.2, 0) is 11.2 Å². The van der Waals surface area contributed by atoms with E-state index in [9.17, 15) is 0 Å². The van der Waals surface area contributed by atoms with Crippen molar-refractivity contribution in [1.29, 1.82) is 0 Å². The Morgan fingerprint density at radius 3 is 2.68 bits per heavy atom. The number of hydrogen-bond donors (Lipinski definition) is 1. The molecule has 0 aliphatic heterocycles.